The van der Waals surface area contributed by atoms with Crippen molar-refractivity contribution in [2.24, 2.45) is 0 Å². The lowest BCUT2D eigenvalue weighted by molar-refractivity contribution is 0.831. The summed E-state index contributed by atoms with van der Waals surface area (Å²) in [6, 6.07) is 8.21. The first-order valence-electron chi connectivity index (χ1n) is 7.08. The highest BCUT2D eigenvalue weighted by Crippen LogP contribution is 2.25. The Labute approximate surface area is 134 Å². The number of benzene rings is 1. The van der Waals surface area contributed by atoms with Crippen molar-refractivity contribution in [3.8, 4) is 0 Å². The van der Waals surface area contributed by atoms with Crippen LogP contribution in [0, 0.1) is 6.92 Å². The number of nitrogens with zero attached hydrogens (tertiary/aromatic N) is 3. The van der Waals surface area contributed by atoms with Crippen molar-refractivity contribution >= 4 is 33.1 Å². The molecule has 21 heavy (non-hydrogen) atoms. The lowest BCUT2D eigenvalue weighted by atomic mass is 10.1. The Morgan fingerprint density at radius 2 is 1.95 bits per heavy atom. The quantitative estimate of drug-likeness (QED) is 0.817. The molecule has 0 unspecified atom stereocenters. The van der Waals surface area contributed by atoms with Crippen molar-refractivity contribution in [2.75, 3.05) is 24.3 Å². The number of aryl methyl sites for hydroxylation is 2. The molecule has 1 aromatic carbocycles. The smallest absolute Gasteiger partial charge is 0.135 e. The summed E-state index contributed by atoms with van der Waals surface area (Å²) in [5.74, 6) is 1.67. The Bertz CT molecular complexity index is 626. The van der Waals surface area contributed by atoms with Crippen LogP contribution in [0.3, 0.4) is 0 Å². The van der Waals surface area contributed by atoms with E-state index in [4.69, 9.17) is 0 Å². The van der Waals surface area contributed by atoms with E-state index in [1.54, 1.807) is 0 Å². The fourth-order valence-electron chi connectivity index (χ4n) is 2.18. The molecule has 0 aliphatic carbocycles. The summed E-state index contributed by atoms with van der Waals surface area (Å²) < 4.78 is 0.809. The van der Waals surface area contributed by atoms with Crippen molar-refractivity contribution < 1.29 is 0 Å². The number of hydrogen-bond donors (Lipinski definition) is 1. The molecule has 0 saturated heterocycles. The molecule has 1 N–H and O–H groups in total. The Balaban J connectivity index is 2.27. The highest BCUT2D eigenvalue weighted by molar-refractivity contribution is 9.10. The van der Waals surface area contributed by atoms with Gasteiger partial charge in [-0.1, -0.05) is 13.0 Å². The maximum atomic E-state index is 4.55. The maximum Gasteiger partial charge on any atom is 0.135 e. The van der Waals surface area contributed by atoms with E-state index < -0.39 is 0 Å². The minimum absolute atomic E-state index is 0.809. The molecule has 5 heteroatoms. The van der Waals surface area contributed by atoms with Crippen LogP contribution in [0.4, 0.5) is 17.2 Å². The first-order valence-corrected chi connectivity index (χ1v) is 7.87. The Morgan fingerprint density at radius 1 is 1.19 bits per heavy atom. The number of aromatic nitrogens is 2. The van der Waals surface area contributed by atoms with E-state index in [9.17, 15) is 0 Å². The predicted octanol–water partition coefficient (Wildman–Crippen LogP) is 4.31. The number of anilines is 3. The molecule has 0 amide bonds. The SMILES string of the molecule is CCCc1nc(Br)cc(Nc2ccc(C)c(N(C)C)c2)n1. The van der Waals surface area contributed by atoms with Crippen LogP contribution >= 0.6 is 15.9 Å². The predicted molar refractivity (Wildman–Crippen MR) is 92.5 cm³/mol. The third-order valence-corrected chi connectivity index (χ3v) is 3.58. The second-order valence-electron chi connectivity index (χ2n) is 5.26. The largest absolute Gasteiger partial charge is 0.377 e. The van der Waals surface area contributed by atoms with Crippen LogP contribution in [-0.4, -0.2) is 24.1 Å². The Morgan fingerprint density at radius 3 is 2.62 bits per heavy atom. The lowest BCUT2D eigenvalue weighted by Crippen LogP contribution is -2.10. The van der Waals surface area contributed by atoms with Gasteiger partial charge in [0, 0.05) is 38.0 Å². The van der Waals surface area contributed by atoms with Gasteiger partial charge in [-0.25, -0.2) is 9.97 Å². The molecule has 2 rings (SSSR count). The summed E-state index contributed by atoms with van der Waals surface area (Å²) in [6.07, 6.45) is 1.91. The van der Waals surface area contributed by atoms with E-state index in [0.29, 0.717) is 0 Å². The molecule has 0 radical (unpaired) electrons. The van der Waals surface area contributed by atoms with Gasteiger partial charge in [0.1, 0.15) is 16.2 Å². The molecule has 0 atom stereocenters. The van der Waals surface area contributed by atoms with Gasteiger partial charge in [0.2, 0.25) is 0 Å². The van der Waals surface area contributed by atoms with Gasteiger partial charge in [0.05, 0.1) is 0 Å². The van der Waals surface area contributed by atoms with Crippen LogP contribution < -0.4 is 10.2 Å². The summed E-state index contributed by atoms with van der Waals surface area (Å²) in [4.78, 5) is 11.0. The zero-order valence-corrected chi connectivity index (χ0v) is 14.5. The van der Waals surface area contributed by atoms with E-state index in [1.165, 1.54) is 11.3 Å². The minimum atomic E-state index is 0.809. The molecule has 0 bridgehead atoms. The topological polar surface area (TPSA) is 41.1 Å². The van der Waals surface area contributed by atoms with Gasteiger partial charge in [-0.2, -0.15) is 0 Å². The van der Waals surface area contributed by atoms with Crippen LogP contribution in [0.1, 0.15) is 24.7 Å². The van der Waals surface area contributed by atoms with Gasteiger partial charge in [0.15, 0.2) is 0 Å². The van der Waals surface area contributed by atoms with Crippen LogP contribution in [0.15, 0.2) is 28.9 Å². The van der Waals surface area contributed by atoms with Gasteiger partial charge in [-0.15, -0.1) is 0 Å². The average Bonchev–Trinajstić information content (AvgIpc) is 2.40. The van der Waals surface area contributed by atoms with Crippen LogP contribution in [0.2, 0.25) is 0 Å². The van der Waals surface area contributed by atoms with Crippen molar-refractivity contribution in [1.29, 1.82) is 0 Å². The van der Waals surface area contributed by atoms with Crippen LogP contribution in [0.25, 0.3) is 0 Å². The Kier molecular flexibility index (Phi) is 5.17. The molecule has 1 heterocycles. The minimum Gasteiger partial charge on any atom is -0.377 e. The van der Waals surface area contributed by atoms with E-state index >= 15 is 0 Å². The normalized spacial score (nSPS) is 10.5. The van der Waals surface area contributed by atoms with Crippen molar-refractivity contribution in [2.45, 2.75) is 26.7 Å². The third kappa shape index (κ3) is 4.17. The molecule has 0 aliphatic heterocycles. The fraction of sp³-hybridized carbons (Fsp3) is 0.375. The number of rotatable bonds is 5. The highest BCUT2D eigenvalue weighted by atomic mass is 79.9. The third-order valence-electron chi connectivity index (χ3n) is 3.18. The molecule has 2 aromatic rings. The van der Waals surface area contributed by atoms with Crippen molar-refractivity contribution in [3.63, 3.8) is 0 Å². The number of hydrogen-bond acceptors (Lipinski definition) is 4. The molecule has 0 saturated carbocycles. The number of nitrogens with one attached hydrogen (secondary N) is 1. The summed E-state index contributed by atoms with van der Waals surface area (Å²) >= 11 is 3.45. The molecule has 4 nitrogen and oxygen atoms in total. The first kappa shape index (κ1) is 15.8. The molecule has 1 aromatic heterocycles. The zero-order valence-electron chi connectivity index (χ0n) is 12.9. The van der Waals surface area contributed by atoms with E-state index in [2.05, 4.69) is 68.2 Å². The summed E-state index contributed by atoms with van der Waals surface area (Å²) in [5.41, 5.74) is 3.47. The zero-order chi connectivity index (χ0) is 15.4. The molecular weight excluding hydrogens is 328 g/mol. The van der Waals surface area contributed by atoms with E-state index in [1.807, 2.05) is 20.2 Å². The highest BCUT2D eigenvalue weighted by Gasteiger charge is 2.06. The molecular formula is C16H21BrN4. The van der Waals surface area contributed by atoms with E-state index in [0.717, 1.165) is 34.8 Å². The van der Waals surface area contributed by atoms with Gasteiger partial charge in [-0.3, -0.25) is 0 Å². The molecule has 0 aliphatic rings. The van der Waals surface area contributed by atoms with Crippen molar-refractivity contribution in [1.82, 2.24) is 9.97 Å². The van der Waals surface area contributed by atoms with E-state index in [-0.39, 0.29) is 0 Å². The van der Waals surface area contributed by atoms with Gasteiger partial charge in [-0.05, 0) is 47.0 Å². The maximum absolute atomic E-state index is 4.55. The summed E-state index contributed by atoms with van der Waals surface area (Å²) in [5, 5.41) is 3.36. The Hall–Kier alpha value is -1.62. The van der Waals surface area contributed by atoms with Crippen molar-refractivity contribution in [3.05, 3.63) is 40.3 Å². The standard InChI is InChI=1S/C16H21BrN4/c1-5-6-15-19-14(17)10-16(20-15)18-12-8-7-11(2)13(9-12)21(3)4/h7-10H,5-6H2,1-4H3,(H,18,19,20). The lowest BCUT2D eigenvalue weighted by Gasteiger charge is -2.17. The van der Waals surface area contributed by atoms with Gasteiger partial charge in [0.25, 0.3) is 0 Å². The summed E-state index contributed by atoms with van der Waals surface area (Å²) in [6.45, 7) is 4.24. The summed E-state index contributed by atoms with van der Waals surface area (Å²) in [7, 11) is 4.10. The van der Waals surface area contributed by atoms with Crippen LogP contribution in [0.5, 0.6) is 0 Å². The molecule has 0 fully saturated rings. The molecule has 0 spiro atoms. The molecule has 112 valence electrons. The first-order chi connectivity index (χ1) is 9.99. The second-order valence-corrected chi connectivity index (χ2v) is 6.08. The second kappa shape index (κ2) is 6.89. The fourth-order valence-corrected chi connectivity index (χ4v) is 2.60. The number of halogens is 1. The van der Waals surface area contributed by atoms with Gasteiger partial charge >= 0.3 is 0 Å². The average molecular weight is 349 g/mol. The van der Waals surface area contributed by atoms with Gasteiger partial charge < -0.3 is 10.2 Å². The van der Waals surface area contributed by atoms with Crippen LogP contribution in [-0.2, 0) is 6.42 Å². The monoisotopic (exact) mass is 348 g/mol.